The Morgan fingerprint density at radius 3 is 2.50 bits per heavy atom. The number of carboxylic acid groups (broad SMARTS) is 1. The van der Waals surface area contributed by atoms with Crippen LogP contribution in [0.1, 0.15) is 32.3 Å². The highest BCUT2D eigenvalue weighted by Crippen LogP contribution is 2.34. The van der Waals surface area contributed by atoms with Crippen LogP contribution < -0.4 is 19.9 Å². The zero-order valence-corrected chi connectivity index (χ0v) is 13.8. The van der Waals surface area contributed by atoms with Crippen molar-refractivity contribution in [1.29, 1.82) is 0 Å². The van der Waals surface area contributed by atoms with E-state index in [2.05, 4.69) is 5.32 Å². The molecule has 6 nitrogen and oxygen atoms in total. The number of hydrogen-bond donors (Lipinski definition) is 1. The van der Waals surface area contributed by atoms with Crippen LogP contribution in [-0.4, -0.2) is 18.7 Å². The van der Waals surface area contributed by atoms with Crippen LogP contribution >= 0.6 is 0 Å². The first-order chi connectivity index (χ1) is 11.5. The van der Waals surface area contributed by atoms with Gasteiger partial charge in [-0.1, -0.05) is 17.2 Å². The summed E-state index contributed by atoms with van der Waals surface area (Å²) >= 11 is 0. The number of nitrogens with one attached hydrogen (secondary N) is 1. The van der Waals surface area contributed by atoms with Gasteiger partial charge in [0.05, 0.1) is 0 Å². The molecule has 0 bridgehead atoms. The van der Waals surface area contributed by atoms with Crippen LogP contribution in [0.15, 0.2) is 29.3 Å². The molecule has 6 heteroatoms. The van der Waals surface area contributed by atoms with Crippen molar-refractivity contribution >= 4 is 11.9 Å². The second kappa shape index (κ2) is 6.55. The topological polar surface area (TPSA) is 87.7 Å². The highest BCUT2D eigenvalue weighted by atomic mass is 16.7. The summed E-state index contributed by atoms with van der Waals surface area (Å²) in [6, 6.07) is 5.46. The van der Waals surface area contributed by atoms with Crippen LogP contribution in [0.25, 0.3) is 0 Å². The van der Waals surface area contributed by atoms with Crippen LogP contribution in [0.3, 0.4) is 0 Å². The van der Waals surface area contributed by atoms with Gasteiger partial charge in [-0.2, -0.15) is 0 Å². The van der Waals surface area contributed by atoms with E-state index in [1.54, 1.807) is 6.07 Å². The van der Waals surface area contributed by atoms with Gasteiger partial charge in [-0.3, -0.25) is 4.79 Å². The second-order valence-electron chi connectivity index (χ2n) is 6.41. The number of ether oxygens (including phenoxy) is 2. The fourth-order valence-electron chi connectivity index (χ4n) is 3.19. The van der Waals surface area contributed by atoms with E-state index in [1.807, 2.05) is 26.0 Å². The van der Waals surface area contributed by atoms with Gasteiger partial charge >= 0.3 is 0 Å². The highest BCUT2D eigenvalue weighted by Gasteiger charge is 2.33. The number of carbonyl (C=O) groups excluding carboxylic acids is 2. The van der Waals surface area contributed by atoms with Crippen molar-refractivity contribution < 1.29 is 24.2 Å². The van der Waals surface area contributed by atoms with Crippen LogP contribution in [0.2, 0.25) is 0 Å². The molecular formula is C18H20NO5-. The molecule has 0 saturated carbocycles. The first kappa shape index (κ1) is 16.4. The molecule has 1 N–H and O–H groups in total. The van der Waals surface area contributed by atoms with Crippen molar-refractivity contribution in [2.45, 2.75) is 33.2 Å². The molecule has 0 saturated heterocycles. The summed E-state index contributed by atoms with van der Waals surface area (Å²) < 4.78 is 10.6. The summed E-state index contributed by atoms with van der Waals surface area (Å²) in [5.74, 6) is -1.44. The molecule has 0 aromatic heterocycles. The lowest BCUT2D eigenvalue weighted by Crippen LogP contribution is -2.44. The first-order valence-corrected chi connectivity index (χ1v) is 7.98. The summed E-state index contributed by atoms with van der Waals surface area (Å²) in [6.07, 6.45) is 0.827. The Kier molecular flexibility index (Phi) is 4.46. The second-order valence-corrected chi connectivity index (χ2v) is 6.41. The molecule has 1 aromatic rings. The molecule has 0 radical (unpaired) electrons. The van der Waals surface area contributed by atoms with Gasteiger partial charge in [-0.25, -0.2) is 0 Å². The molecule has 24 heavy (non-hydrogen) atoms. The number of allylic oxidation sites excluding steroid dienone is 2. The van der Waals surface area contributed by atoms with E-state index in [0.717, 1.165) is 16.7 Å². The van der Waals surface area contributed by atoms with Gasteiger partial charge in [0.15, 0.2) is 11.5 Å². The zero-order chi connectivity index (χ0) is 17.3. The Hall–Kier alpha value is -2.50. The number of amides is 1. The van der Waals surface area contributed by atoms with E-state index in [-0.39, 0.29) is 12.7 Å². The molecule has 3 rings (SSSR count). The minimum absolute atomic E-state index is 0.200. The molecule has 0 spiro atoms. The average Bonchev–Trinajstić information content (AvgIpc) is 3.02. The standard InChI is InChI=1S/C18H21NO5/c1-10-5-13(14(18(21)22)6-11(10)2)17(20)19-8-12-3-4-15-16(7-12)24-9-23-15/h3-4,7,13-14H,5-6,8-9H2,1-2H3,(H,19,20)(H,21,22)/p-1/t13-,14-/m1/s1. The van der Waals surface area contributed by atoms with Crippen LogP contribution in [0.4, 0.5) is 0 Å². The molecule has 0 fully saturated rings. The van der Waals surface area contributed by atoms with E-state index in [4.69, 9.17) is 9.47 Å². The van der Waals surface area contributed by atoms with Gasteiger partial charge in [0, 0.05) is 24.3 Å². The monoisotopic (exact) mass is 330 g/mol. The van der Waals surface area contributed by atoms with Crippen LogP contribution in [-0.2, 0) is 16.1 Å². The third-order valence-electron chi connectivity index (χ3n) is 4.81. The maximum absolute atomic E-state index is 12.5. The van der Waals surface area contributed by atoms with E-state index in [9.17, 15) is 14.7 Å². The smallest absolute Gasteiger partial charge is 0.231 e. The fourth-order valence-corrected chi connectivity index (χ4v) is 3.19. The van der Waals surface area contributed by atoms with Gasteiger partial charge in [-0.05, 0) is 44.4 Å². The number of hydrogen-bond acceptors (Lipinski definition) is 5. The first-order valence-electron chi connectivity index (χ1n) is 7.98. The van der Waals surface area contributed by atoms with Crippen molar-refractivity contribution in [1.82, 2.24) is 5.32 Å². The average molecular weight is 330 g/mol. The summed E-state index contributed by atoms with van der Waals surface area (Å²) in [5, 5.41) is 14.2. The van der Waals surface area contributed by atoms with Crippen molar-refractivity contribution in [3.63, 3.8) is 0 Å². The van der Waals surface area contributed by atoms with Crippen molar-refractivity contribution in [2.75, 3.05) is 6.79 Å². The quantitative estimate of drug-likeness (QED) is 0.837. The SMILES string of the molecule is CC1=C(C)C[C@@H](C(=O)NCc2ccc3c(c2)OCO3)[C@H](C(=O)[O-])C1. The van der Waals surface area contributed by atoms with E-state index in [1.165, 1.54) is 0 Å². The number of benzene rings is 1. The minimum atomic E-state index is -1.16. The van der Waals surface area contributed by atoms with Gasteiger partial charge in [-0.15, -0.1) is 0 Å². The predicted molar refractivity (Wildman–Crippen MR) is 84.0 cm³/mol. The van der Waals surface area contributed by atoms with Crippen molar-refractivity contribution in [3.05, 3.63) is 34.9 Å². The molecule has 0 unspecified atom stereocenters. The maximum atomic E-state index is 12.5. The third kappa shape index (κ3) is 3.22. The molecule has 2 aliphatic rings. The summed E-state index contributed by atoms with van der Waals surface area (Å²) in [4.78, 5) is 23.9. The normalized spacial score (nSPS) is 22.4. The predicted octanol–water partition coefficient (Wildman–Crippen LogP) is 1.14. The molecular weight excluding hydrogens is 310 g/mol. The lowest BCUT2D eigenvalue weighted by atomic mass is 9.76. The number of carbonyl (C=O) groups is 2. The molecule has 1 heterocycles. The zero-order valence-electron chi connectivity index (χ0n) is 13.8. The minimum Gasteiger partial charge on any atom is -0.550 e. The third-order valence-corrected chi connectivity index (χ3v) is 4.81. The molecule has 1 aliphatic heterocycles. The molecule has 1 amide bonds. The summed E-state index contributed by atoms with van der Waals surface area (Å²) in [7, 11) is 0. The Bertz CT molecular complexity index is 709. The summed E-state index contributed by atoms with van der Waals surface area (Å²) in [5.41, 5.74) is 2.98. The van der Waals surface area contributed by atoms with E-state index >= 15 is 0 Å². The van der Waals surface area contributed by atoms with Crippen LogP contribution in [0, 0.1) is 11.8 Å². The van der Waals surface area contributed by atoms with Crippen molar-refractivity contribution in [2.24, 2.45) is 11.8 Å². The summed E-state index contributed by atoms with van der Waals surface area (Å²) in [6.45, 7) is 4.37. The molecule has 2 atom stereocenters. The van der Waals surface area contributed by atoms with Gasteiger partial charge in [0.2, 0.25) is 12.7 Å². The highest BCUT2D eigenvalue weighted by molar-refractivity contribution is 5.85. The fraction of sp³-hybridized carbons (Fsp3) is 0.444. The number of aliphatic carboxylic acids is 1. The molecule has 128 valence electrons. The Morgan fingerprint density at radius 2 is 1.79 bits per heavy atom. The van der Waals surface area contributed by atoms with Gasteiger partial charge in [0.25, 0.3) is 0 Å². The Morgan fingerprint density at radius 1 is 1.12 bits per heavy atom. The maximum Gasteiger partial charge on any atom is 0.231 e. The van der Waals surface area contributed by atoms with Gasteiger partial charge in [0.1, 0.15) is 0 Å². The lowest BCUT2D eigenvalue weighted by molar-refractivity contribution is -0.313. The van der Waals surface area contributed by atoms with Gasteiger partial charge < -0.3 is 24.7 Å². The van der Waals surface area contributed by atoms with Crippen molar-refractivity contribution in [3.8, 4) is 11.5 Å². The number of rotatable bonds is 4. The largest absolute Gasteiger partial charge is 0.550 e. The Balaban J connectivity index is 1.66. The van der Waals surface area contributed by atoms with E-state index < -0.39 is 17.8 Å². The van der Waals surface area contributed by atoms with Crippen LogP contribution in [0.5, 0.6) is 11.5 Å². The van der Waals surface area contributed by atoms with E-state index in [0.29, 0.717) is 30.9 Å². The number of fused-ring (bicyclic) bond motifs is 1. The Labute approximate surface area is 140 Å². The number of carboxylic acids is 1. The molecule has 1 aliphatic carbocycles. The lowest BCUT2D eigenvalue weighted by Gasteiger charge is -2.32. The molecule has 1 aromatic carbocycles.